The minimum atomic E-state index is -3.35. The van der Waals surface area contributed by atoms with E-state index in [9.17, 15) is 9.46 Å². The molecule has 0 radical (unpaired) electrons. The highest BCUT2D eigenvalue weighted by Gasteiger charge is 2.19. The zero-order valence-corrected chi connectivity index (χ0v) is 12.4. The molecule has 0 saturated carbocycles. The molecule has 0 rings (SSSR count). The Morgan fingerprint density at radius 1 is 1.06 bits per heavy atom. The lowest BCUT2D eigenvalue weighted by molar-refractivity contribution is 0.249. The van der Waals surface area contributed by atoms with Gasteiger partial charge in [-0.3, -0.25) is 4.57 Å². The van der Waals surface area contributed by atoms with Crippen molar-refractivity contribution in [3.05, 3.63) is 0 Å². The molecule has 0 fully saturated rings. The molecule has 1 N–H and O–H groups in total. The summed E-state index contributed by atoms with van der Waals surface area (Å²) in [5.41, 5.74) is 0. The number of unbranched alkanes of at least 4 members (excludes halogenated alkanes) is 2. The van der Waals surface area contributed by atoms with Crippen molar-refractivity contribution in [2.45, 2.75) is 46.5 Å². The summed E-state index contributed by atoms with van der Waals surface area (Å²) >= 11 is 0. The molecule has 1 atom stereocenters. The van der Waals surface area contributed by atoms with Crippen molar-refractivity contribution in [1.29, 1.82) is 0 Å². The van der Waals surface area contributed by atoms with Gasteiger partial charge in [0.25, 0.3) is 0 Å². The number of hydrogen-bond donors (Lipinski definition) is 1. The molecule has 0 aromatic rings. The van der Waals surface area contributed by atoms with Gasteiger partial charge in [-0.15, -0.1) is 0 Å². The summed E-state index contributed by atoms with van der Waals surface area (Å²) in [6.07, 6.45) is 4.85. The minimum absolute atomic E-state index is 0.244. The zero-order valence-electron chi connectivity index (χ0n) is 11.5. The van der Waals surface area contributed by atoms with Crippen molar-refractivity contribution >= 4 is 7.60 Å². The molecule has 0 aliphatic rings. The van der Waals surface area contributed by atoms with Crippen molar-refractivity contribution in [3.63, 3.8) is 0 Å². The number of hydrogen-bond acceptors (Lipinski definition) is 3. The van der Waals surface area contributed by atoms with Crippen molar-refractivity contribution in [2.24, 2.45) is 0 Å². The Bertz CT molecular complexity index is 216. The first-order chi connectivity index (χ1) is 8.05. The topological polar surface area (TPSA) is 49.8 Å². The smallest absolute Gasteiger partial charge is 0.324 e. The fourth-order valence-electron chi connectivity index (χ4n) is 1.63. The van der Waals surface area contributed by atoms with Crippen LogP contribution in [0.1, 0.15) is 46.5 Å². The summed E-state index contributed by atoms with van der Waals surface area (Å²) in [4.78, 5) is 11.8. The first-order valence-electron chi connectivity index (χ1n) is 6.74. The molecule has 0 amide bonds. The predicted octanol–water partition coefficient (Wildman–Crippen LogP) is 3.11. The Balaban J connectivity index is 4.00. The van der Waals surface area contributed by atoms with Gasteiger partial charge in [-0.2, -0.15) is 0 Å². The zero-order chi connectivity index (χ0) is 13.1. The van der Waals surface area contributed by atoms with Gasteiger partial charge >= 0.3 is 7.60 Å². The summed E-state index contributed by atoms with van der Waals surface area (Å²) in [7, 11) is -3.35. The normalized spacial score (nSPS) is 15.1. The van der Waals surface area contributed by atoms with Crippen LogP contribution in [0.2, 0.25) is 0 Å². The molecular weight excluding hydrogens is 237 g/mol. The molecule has 0 aromatic carbocycles. The fraction of sp³-hybridized carbons (Fsp3) is 1.00. The fourth-order valence-corrected chi connectivity index (χ4v) is 2.70. The van der Waals surface area contributed by atoms with E-state index in [1.54, 1.807) is 6.92 Å². The summed E-state index contributed by atoms with van der Waals surface area (Å²) in [6.45, 7) is 9.07. The molecule has 1 unspecified atom stereocenters. The third-order valence-electron chi connectivity index (χ3n) is 2.69. The Kier molecular flexibility index (Phi) is 10.1. The summed E-state index contributed by atoms with van der Waals surface area (Å²) < 4.78 is 16.4. The van der Waals surface area contributed by atoms with Crippen LogP contribution in [0.4, 0.5) is 0 Å². The first kappa shape index (κ1) is 17.1. The summed E-state index contributed by atoms with van der Waals surface area (Å²) in [5.74, 6) is 0. The van der Waals surface area contributed by atoms with Gasteiger partial charge < -0.3 is 14.3 Å². The SMILES string of the molecule is CCCCN(CCCC)CCP(=O)(O)OCC. The van der Waals surface area contributed by atoms with Crippen LogP contribution in [-0.4, -0.2) is 42.2 Å². The van der Waals surface area contributed by atoms with Gasteiger partial charge in [0.1, 0.15) is 0 Å². The molecule has 0 spiro atoms. The highest BCUT2D eigenvalue weighted by atomic mass is 31.2. The molecule has 0 heterocycles. The molecular formula is C12H28NO3P. The average Bonchev–Trinajstić information content (AvgIpc) is 2.28. The second-order valence-electron chi connectivity index (χ2n) is 4.33. The molecule has 0 bridgehead atoms. The molecule has 0 aromatic heterocycles. The van der Waals surface area contributed by atoms with E-state index in [1.807, 2.05) is 0 Å². The third-order valence-corrected chi connectivity index (χ3v) is 4.11. The van der Waals surface area contributed by atoms with Crippen LogP contribution < -0.4 is 0 Å². The Labute approximate surface area is 106 Å². The van der Waals surface area contributed by atoms with Gasteiger partial charge in [-0.1, -0.05) is 26.7 Å². The number of rotatable bonds is 11. The maximum Gasteiger partial charge on any atom is 0.329 e. The van der Waals surface area contributed by atoms with Crippen molar-refractivity contribution in [2.75, 3.05) is 32.4 Å². The van der Waals surface area contributed by atoms with Gasteiger partial charge in [-0.25, -0.2) is 0 Å². The van der Waals surface area contributed by atoms with E-state index >= 15 is 0 Å². The van der Waals surface area contributed by atoms with Gasteiger partial charge in [0, 0.05) is 6.54 Å². The molecule has 0 aliphatic heterocycles. The van der Waals surface area contributed by atoms with E-state index in [0.717, 1.165) is 38.8 Å². The van der Waals surface area contributed by atoms with Crippen molar-refractivity contribution in [1.82, 2.24) is 4.90 Å². The van der Waals surface area contributed by atoms with Crippen LogP contribution in [0.5, 0.6) is 0 Å². The van der Waals surface area contributed by atoms with E-state index in [2.05, 4.69) is 18.7 Å². The van der Waals surface area contributed by atoms with Crippen molar-refractivity contribution in [3.8, 4) is 0 Å². The summed E-state index contributed by atoms with van der Waals surface area (Å²) in [6, 6.07) is 0. The molecule has 4 nitrogen and oxygen atoms in total. The van der Waals surface area contributed by atoms with Crippen LogP contribution in [0.15, 0.2) is 0 Å². The maximum absolute atomic E-state index is 11.6. The molecule has 5 heteroatoms. The van der Waals surface area contributed by atoms with Gasteiger partial charge in [-0.05, 0) is 32.9 Å². The quantitative estimate of drug-likeness (QED) is 0.583. The van der Waals surface area contributed by atoms with Gasteiger partial charge in [0.05, 0.1) is 12.8 Å². The van der Waals surface area contributed by atoms with Crippen LogP contribution in [0, 0.1) is 0 Å². The van der Waals surface area contributed by atoms with E-state index in [-0.39, 0.29) is 6.16 Å². The highest BCUT2D eigenvalue weighted by Crippen LogP contribution is 2.41. The maximum atomic E-state index is 11.6. The minimum Gasteiger partial charge on any atom is -0.324 e. The standard InChI is InChI=1S/C12H28NO3P/c1-4-7-9-13(10-8-5-2)11-12-17(14,15)16-6-3/h4-12H2,1-3H3,(H,14,15). The first-order valence-corrected chi connectivity index (χ1v) is 8.50. The molecule has 0 saturated heterocycles. The second-order valence-corrected chi connectivity index (χ2v) is 6.31. The lowest BCUT2D eigenvalue weighted by Crippen LogP contribution is -2.29. The molecule has 0 aliphatic carbocycles. The Morgan fingerprint density at radius 3 is 2.00 bits per heavy atom. The second kappa shape index (κ2) is 10.1. The highest BCUT2D eigenvalue weighted by molar-refractivity contribution is 7.52. The monoisotopic (exact) mass is 265 g/mol. The molecule has 104 valence electrons. The lowest BCUT2D eigenvalue weighted by atomic mass is 10.2. The Hall–Kier alpha value is 0.110. The lowest BCUT2D eigenvalue weighted by Gasteiger charge is -2.23. The average molecular weight is 265 g/mol. The van der Waals surface area contributed by atoms with Gasteiger partial charge in [0.15, 0.2) is 0 Å². The summed E-state index contributed by atoms with van der Waals surface area (Å²) in [5, 5.41) is 0. The van der Waals surface area contributed by atoms with Gasteiger partial charge in [0.2, 0.25) is 0 Å². The third kappa shape index (κ3) is 9.78. The predicted molar refractivity (Wildman–Crippen MR) is 72.6 cm³/mol. The van der Waals surface area contributed by atoms with Crippen LogP contribution >= 0.6 is 7.60 Å². The van der Waals surface area contributed by atoms with Crippen LogP contribution in [-0.2, 0) is 9.09 Å². The largest absolute Gasteiger partial charge is 0.329 e. The van der Waals surface area contributed by atoms with Crippen LogP contribution in [0.3, 0.4) is 0 Å². The van der Waals surface area contributed by atoms with Crippen LogP contribution in [0.25, 0.3) is 0 Å². The number of nitrogens with zero attached hydrogens (tertiary/aromatic N) is 1. The Morgan fingerprint density at radius 2 is 1.59 bits per heavy atom. The van der Waals surface area contributed by atoms with E-state index < -0.39 is 7.60 Å². The van der Waals surface area contributed by atoms with E-state index in [4.69, 9.17) is 4.52 Å². The molecule has 17 heavy (non-hydrogen) atoms. The van der Waals surface area contributed by atoms with E-state index in [1.165, 1.54) is 0 Å². The van der Waals surface area contributed by atoms with E-state index in [0.29, 0.717) is 13.2 Å². The van der Waals surface area contributed by atoms with Crippen molar-refractivity contribution < 1.29 is 14.0 Å².